The smallest absolute Gasteiger partial charge is 0.266 e. The Labute approximate surface area is 143 Å². The molecule has 2 aromatic carbocycles. The van der Waals surface area contributed by atoms with E-state index in [1.807, 2.05) is 37.3 Å². The predicted octanol–water partition coefficient (Wildman–Crippen LogP) is 4.31. The standard InChI is InChI=1S/C18H15BrN2O2/c1-12-8-13(6-7-17(12)23-2)9-14(11-20)18(22)21-16-5-3-4-15(19)10-16/h3-10H,1-2H3,(H,21,22)/b14-9+. The van der Waals surface area contributed by atoms with E-state index in [1.165, 1.54) is 0 Å². The van der Waals surface area contributed by atoms with Gasteiger partial charge in [0.15, 0.2) is 0 Å². The minimum absolute atomic E-state index is 0.0366. The second kappa shape index (κ2) is 7.61. The van der Waals surface area contributed by atoms with Gasteiger partial charge in [0.25, 0.3) is 5.91 Å². The number of nitriles is 1. The first-order chi connectivity index (χ1) is 11.0. The fraction of sp³-hybridized carbons (Fsp3) is 0.111. The first-order valence-electron chi connectivity index (χ1n) is 6.87. The molecule has 0 atom stereocenters. The highest BCUT2D eigenvalue weighted by atomic mass is 79.9. The van der Waals surface area contributed by atoms with E-state index in [1.54, 1.807) is 31.4 Å². The summed E-state index contributed by atoms with van der Waals surface area (Å²) in [6.07, 6.45) is 1.56. The molecule has 0 aliphatic carbocycles. The number of benzene rings is 2. The number of nitrogens with zero attached hydrogens (tertiary/aromatic N) is 1. The normalized spacial score (nSPS) is 10.8. The Bertz CT molecular complexity index is 807. The number of anilines is 1. The molecule has 4 nitrogen and oxygen atoms in total. The maximum atomic E-state index is 12.2. The van der Waals surface area contributed by atoms with Crippen LogP contribution in [0.2, 0.25) is 0 Å². The molecule has 116 valence electrons. The Morgan fingerprint density at radius 2 is 2.09 bits per heavy atom. The predicted molar refractivity (Wildman–Crippen MR) is 94.1 cm³/mol. The van der Waals surface area contributed by atoms with Gasteiger partial charge in [-0.1, -0.05) is 28.1 Å². The van der Waals surface area contributed by atoms with Crippen LogP contribution in [0.15, 0.2) is 52.5 Å². The number of methoxy groups -OCH3 is 1. The number of carbonyl (C=O) groups excluding carboxylic acids is 1. The van der Waals surface area contributed by atoms with Crippen LogP contribution in [0, 0.1) is 18.3 Å². The molecule has 0 aliphatic heterocycles. The lowest BCUT2D eigenvalue weighted by Gasteiger charge is -2.06. The number of ether oxygens (including phenoxy) is 1. The molecule has 0 aliphatic rings. The lowest BCUT2D eigenvalue weighted by atomic mass is 10.1. The van der Waals surface area contributed by atoms with E-state index in [0.29, 0.717) is 5.69 Å². The van der Waals surface area contributed by atoms with Gasteiger partial charge in [-0.25, -0.2) is 0 Å². The number of aryl methyl sites for hydroxylation is 1. The van der Waals surface area contributed by atoms with Crippen LogP contribution in [0.4, 0.5) is 5.69 Å². The summed E-state index contributed by atoms with van der Waals surface area (Å²) in [5.74, 6) is 0.318. The van der Waals surface area contributed by atoms with Crippen LogP contribution >= 0.6 is 15.9 Å². The van der Waals surface area contributed by atoms with Gasteiger partial charge in [0.2, 0.25) is 0 Å². The number of hydrogen-bond acceptors (Lipinski definition) is 3. The minimum atomic E-state index is -0.445. The quantitative estimate of drug-likeness (QED) is 0.644. The Kier molecular flexibility index (Phi) is 5.56. The van der Waals surface area contributed by atoms with Crippen molar-refractivity contribution in [2.75, 3.05) is 12.4 Å². The third-order valence-electron chi connectivity index (χ3n) is 3.18. The van der Waals surface area contributed by atoms with Gasteiger partial charge in [-0.15, -0.1) is 0 Å². The lowest BCUT2D eigenvalue weighted by molar-refractivity contribution is -0.112. The number of nitrogens with one attached hydrogen (secondary N) is 1. The maximum absolute atomic E-state index is 12.2. The number of rotatable bonds is 4. The van der Waals surface area contributed by atoms with Gasteiger partial charge in [-0.3, -0.25) is 4.79 Å². The van der Waals surface area contributed by atoms with Crippen LogP contribution in [0.5, 0.6) is 5.75 Å². The molecule has 0 saturated carbocycles. The van der Waals surface area contributed by atoms with E-state index in [0.717, 1.165) is 21.3 Å². The van der Waals surface area contributed by atoms with E-state index in [4.69, 9.17) is 4.74 Å². The number of hydrogen-bond donors (Lipinski definition) is 1. The first-order valence-corrected chi connectivity index (χ1v) is 7.66. The summed E-state index contributed by atoms with van der Waals surface area (Å²) < 4.78 is 6.05. The average molecular weight is 371 g/mol. The molecule has 0 heterocycles. The fourth-order valence-corrected chi connectivity index (χ4v) is 2.47. The van der Waals surface area contributed by atoms with E-state index < -0.39 is 5.91 Å². The SMILES string of the molecule is COc1ccc(/C=C(\C#N)C(=O)Nc2cccc(Br)c2)cc1C. The average Bonchev–Trinajstić information content (AvgIpc) is 2.52. The molecule has 0 radical (unpaired) electrons. The third-order valence-corrected chi connectivity index (χ3v) is 3.67. The van der Waals surface area contributed by atoms with E-state index in [-0.39, 0.29) is 5.57 Å². The zero-order valence-electron chi connectivity index (χ0n) is 12.8. The Balaban J connectivity index is 2.23. The first kappa shape index (κ1) is 16.8. The highest BCUT2D eigenvalue weighted by molar-refractivity contribution is 9.10. The third kappa shape index (κ3) is 4.44. The van der Waals surface area contributed by atoms with Gasteiger partial charge >= 0.3 is 0 Å². The van der Waals surface area contributed by atoms with Crippen LogP contribution in [0.1, 0.15) is 11.1 Å². The van der Waals surface area contributed by atoms with Gasteiger partial charge in [0, 0.05) is 10.2 Å². The van der Waals surface area contributed by atoms with Gasteiger partial charge in [-0.05, 0) is 54.5 Å². The molecule has 23 heavy (non-hydrogen) atoms. The monoisotopic (exact) mass is 370 g/mol. The molecule has 0 fully saturated rings. The zero-order chi connectivity index (χ0) is 16.8. The van der Waals surface area contributed by atoms with Gasteiger partial charge in [0.1, 0.15) is 17.4 Å². The summed E-state index contributed by atoms with van der Waals surface area (Å²) in [5, 5.41) is 12.0. The molecule has 1 N–H and O–H groups in total. The highest BCUT2D eigenvalue weighted by Gasteiger charge is 2.10. The number of halogens is 1. The molecule has 0 saturated heterocycles. The van der Waals surface area contributed by atoms with E-state index in [2.05, 4.69) is 21.2 Å². The molecular formula is C18H15BrN2O2. The summed E-state index contributed by atoms with van der Waals surface area (Å²) in [7, 11) is 1.60. The van der Waals surface area contributed by atoms with Crippen LogP contribution < -0.4 is 10.1 Å². The lowest BCUT2D eigenvalue weighted by Crippen LogP contribution is -2.13. The maximum Gasteiger partial charge on any atom is 0.266 e. The molecule has 5 heteroatoms. The molecule has 2 aromatic rings. The summed E-state index contributed by atoms with van der Waals surface area (Å²) >= 11 is 3.34. The number of carbonyl (C=O) groups is 1. The van der Waals surface area contributed by atoms with Gasteiger partial charge < -0.3 is 10.1 Å². The summed E-state index contributed by atoms with van der Waals surface area (Å²) in [5.41, 5.74) is 2.36. The molecule has 2 rings (SSSR count). The van der Waals surface area contributed by atoms with Crippen molar-refractivity contribution < 1.29 is 9.53 Å². The Hall–Kier alpha value is -2.58. The molecule has 0 unspecified atom stereocenters. The van der Waals surface area contributed by atoms with Crippen LogP contribution in [0.25, 0.3) is 6.08 Å². The van der Waals surface area contributed by atoms with Crippen molar-refractivity contribution in [2.45, 2.75) is 6.92 Å². The van der Waals surface area contributed by atoms with Crippen molar-refractivity contribution in [1.82, 2.24) is 0 Å². The second-order valence-corrected chi connectivity index (χ2v) is 5.78. The van der Waals surface area contributed by atoms with Crippen molar-refractivity contribution >= 4 is 33.6 Å². The topological polar surface area (TPSA) is 62.1 Å². The Morgan fingerprint density at radius 3 is 2.70 bits per heavy atom. The van der Waals surface area contributed by atoms with Crippen molar-refractivity contribution in [1.29, 1.82) is 5.26 Å². The molecular weight excluding hydrogens is 356 g/mol. The fourth-order valence-electron chi connectivity index (χ4n) is 2.07. The van der Waals surface area contributed by atoms with E-state index >= 15 is 0 Å². The molecule has 0 bridgehead atoms. The van der Waals surface area contributed by atoms with Crippen molar-refractivity contribution in [3.05, 3.63) is 63.6 Å². The highest BCUT2D eigenvalue weighted by Crippen LogP contribution is 2.21. The largest absolute Gasteiger partial charge is 0.496 e. The molecule has 0 aromatic heterocycles. The molecule has 1 amide bonds. The van der Waals surface area contributed by atoms with Crippen molar-refractivity contribution in [2.24, 2.45) is 0 Å². The molecule has 0 spiro atoms. The van der Waals surface area contributed by atoms with Crippen molar-refractivity contribution in [3.8, 4) is 11.8 Å². The van der Waals surface area contributed by atoms with Gasteiger partial charge in [-0.2, -0.15) is 5.26 Å². The Morgan fingerprint density at radius 1 is 1.30 bits per heavy atom. The summed E-state index contributed by atoms with van der Waals surface area (Å²) in [6.45, 7) is 1.91. The number of amides is 1. The van der Waals surface area contributed by atoms with Crippen molar-refractivity contribution in [3.63, 3.8) is 0 Å². The minimum Gasteiger partial charge on any atom is -0.496 e. The van der Waals surface area contributed by atoms with E-state index in [9.17, 15) is 10.1 Å². The summed E-state index contributed by atoms with van der Waals surface area (Å²) in [6, 6.07) is 14.6. The van der Waals surface area contributed by atoms with Crippen LogP contribution in [-0.2, 0) is 4.79 Å². The van der Waals surface area contributed by atoms with Gasteiger partial charge in [0.05, 0.1) is 7.11 Å². The summed E-state index contributed by atoms with van der Waals surface area (Å²) in [4.78, 5) is 12.2. The van der Waals surface area contributed by atoms with Crippen LogP contribution in [0.3, 0.4) is 0 Å². The zero-order valence-corrected chi connectivity index (χ0v) is 14.3. The van der Waals surface area contributed by atoms with Crippen LogP contribution in [-0.4, -0.2) is 13.0 Å². The second-order valence-electron chi connectivity index (χ2n) is 4.86.